The van der Waals surface area contributed by atoms with Gasteiger partial charge < -0.3 is 0 Å². The molecule has 0 saturated heterocycles. The molecule has 2 heteroatoms. The van der Waals surface area contributed by atoms with Gasteiger partial charge in [-0.25, -0.2) is 0 Å². The van der Waals surface area contributed by atoms with Crippen LogP contribution in [-0.4, -0.2) is 0 Å². The molecule has 0 amide bonds. The summed E-state index contributed by atoms with van der Waals surface area (Å²) in [6.45, 7) is 0. The van der Waals surface area contributed by atoms with Crippen molar-refractivity contribution in [1.29, 1.82) is 5.26 Å². The second-order valence-electron chi connectivity index (χ2n) is 1.85. The summed E-state index contributed by atoms with van der Waals surface area (Å²) in [5.74, 6) is 0. The summed E-state index contributed by atoms with van der Waals surface area (Å²) >= 11 is 5.64. The van der Waals surface area contributed by atoms with Crippen molar-refractivity contribution in [1.82, 2.24) is 0 Å². The van der Waals surface area contributed by atoms with Gasteiger partial charge >= 0.3 is 0 Å². The lowest BCUT2D eigenvalue weighted by Crippen LogP contribution is -1.68. The molecule has 0 fully saturated rings. The SMILES string of the molecule is N#CC1=C(Cl)CCC1. The Morgan fingerprint density at radius 3 is 2.50 bits per heavy atom. The van der Waals surface area contributed by atoms with E-state index in [4.69, 9.17) is 16.9 Å². The third-order valence-corrected chi connectivity index (χ3v) is 1.70. The third kappa shape index (κ3) is 0.850. The van der Waals surface area contributed by atoms with Crippen LogP contribution >= 0.6 is 11.6 Å². The Morgan fingerprint density at radius 2 is 2.25 bits per heavy atom. The molecule has 0 bridgehead atoms. The van der Waals surface area contributed by atoms with Crippen LogP contribution < -0.4 is 0 Å². The van der Waals surface area contributed by atoms with Crippen molar-refractivity contribution in [3.8, 4) is 6.07 Å². The molecule has 1 aliphatic carbocycles. The van der Waals surface area contributed by atoms with Gasteiger partial charge in [0, 0.05) is 10.6 Å². The Balaban J connectivity index is 2.77. The van der Waals surface area contributed by atoms with Gasteiger partial charge in [0.25, 0.3) is 0 Å². The molecule has 0 saturated carbocycles. The highest BCUT2D eigenvalue weighted by molar-refractivity contribution is 6.30. The van der Waals surface area contributed by atoms with E-state index >= 15 is 0 Å². The first-order valence-electron chi connectivity index (χ1n) is 2.62. The fourth-order valence-corrected chi connectivity index (χ4v) is 1.09. The van der Waals surface area contributed by atoms with Gasteiger partial charge in [-0.1, -0.05) is 11.6 Å². The van der Waals surface area contributed by atoms with Gasteiger partial charge in [-0.05, 0) is 19.3 Å². The molecule has 1 aliphatic rings. The van der Waals surface area contributed by atoms with Crippen LogP contribution in [0.3, 0.4) is 0 Å². The van der Waals surface area contributed by atoms with Crippen LogP contribution in [0.2, 0.25) is 0 Å². The Morgan fingerprint density at radius 1 is 1.50 bits per heavy atom. The molecular formula is C6H6ClN. The van der Waals surface area contributed by atoms with Crippen molar-refractivity contribution in [3.63, 3.8) is 0 Å². The van der Waals surface area contributed by atoms with Gasteiger partial charge in [-0.2, -0.15) is 5.26 Å². The molecule has 1 nitrogen and oxygen atoms in total. The van der Waals surface area contributed by atoms with Crippen LogP contribution in [0.1, 0.15) is 19.3 Å². The van der Waals surface area contributed by atoms with Crippen molar-refractivity contribution >= 4 is 11.6 Å². The summed E-state index contributed by atoms with van der Waals surface area (Å²) in [5.41, 5.74) is 0.784. The molecule has 0 N–H and O–H groups in total. The molecule has 0 heterocycles. The molecule has 8 heavy (non-hydrogen) atoms. The molecule has 0 aromatic heterocycles. The van der Waals surface area contributed by atoms with Gasteiger partial charge in [0.1, 0.15) is 0 Å². The maximum Gasteiger partial charge on any atom is 0.0959 e. The van der Waals surface area contributed by atoms with E-state index in [0.717, 1.165) is 29.9 Å². The first-order valence-corrected chi connectivity index (χ1v) is 3.00. The highest BCUT2D eigenvalue weighted by Crippen LogP contribution is 2.27. The van der Waals surface area contributed by atoms with Crippen LogP contribution in [0, 0.1) is 11.3 Å². The molecule has 1 rings (SSSR count). The summed E-state index contributed by atoms with van der Waals surface area (Å²) in [6, 6.07) is 2.06. The molecule has 0 atom stereocenters. The number of hydrogen-bond acceptors (Lipinski definition) is 1. The van der Waals surface area contributed by atoms with E-state index in [9.17, 15) is 0 Å². The molecule has 0 spiro atoms. The minimum absolute atomic E-state index is 0.771. The molecule has 0 aliphatic heterocycles. The highest BCUT2D eigenvalue weighted by Gasteiger charge is 2.10. The second-order valence-corrected chi connectivity index (χ2v) is 2.31. The van der Waals surface area contributed by atoms with Gasteiger partial charge in [0.05, 0.1) is 6.07 Å². The van der Waals surface area contributed by atoms with Gasteiger partial charge in [-0.15, -0.1) is 0 Å². The summed E-state index contributed by atoms with van der Waals surface area (Å²) in [4.78, 5) is 0. The predicted octanol–water partition coefficient (Wildman–Crippen LogP) is 2.19. The minimum atomic E-state index is 0.771. The van der Waals surface area contributed by atoms with E-state index in [-0.39, 0.29) is 0 Å². The number of rotatable bonds is 0. The summed E-state index contributed by atoms with van der Waals surface area (Å²) < 4.78 is 0. The third-order valence-electron chi connectivity index (χ3n) is 1.29. The van der Waals surface area contributed by atoms with Crippen molar-refractivity contribution in [2.45, 2.75) is 19.3 Å². The minimum Gasteiger partial charge on any atom is -0.193 e. The number of allylic oxidation sites excluding steroid dienone is 2. The fraction of sp³-hybridized carbons (Fsp3) is 0.500. The van der Waals surface area contributed by atoms with E-state index in [2.05, 4.69) is 6.07 Å². The molecule has 0 aromatic rings. The predicted molar refractivity (Wildman–Crippen MR) is 32.3 cm³/mol. The van der Waals surface area contributed by atoms with E-state index in [1.165, 1.54) is 0 Å². The number of nitriles is 1. The smallest absolute Gasteiger partial charge is 0.0959 e. The van der Waals surface area contributed by atoms with Gasteiger partial charge in [0.15, 0.2) is 0 Å². The first-order chi connectivity index (χ1) is 3.84. The van der Waals surface area contributed by atoms with E-state index in [1.54, 1.807) is 0 Å². The van der Waals surface area contributed by atoms with Crippen LogP contribution in [0.4, 0.5) is 0 Å². The lowest BCUT2D eigenvalue weighted by atomic mass is 10.3. The Hall–Kier alpha value is -0.480. The van der Waals surface area contributed by atoms with Crippen LogP contribution in [0.25, 0.3) is 0 Å². The zero-order valence-corrected chi connectivity index (χ0v) is 5.20. The molecule has 0 radical (unpaired) electrons. The van der Waals surface area contributed by atoms with Crippen LogP contribution in [0.5, 0.6) is 0 Å². The van der Waals surface area contributed by atoms with Crippen molar-refractivity contribution in [2.24, 2.45) is 0 Å². The van der Waals surface area contributed by atoms with Gasteiger partial charge in [0.2, 0.25) is 0 Å². The number of halogens is 1. The Labute approximate surface area is 53.6 Å². The van der Waals surface area contributed by atoms with Crippen molar-refractivity contribution < 1.29 is 0 Å². The molecule has 0 unspecified atom stereocenters. The lowest BCUT2D eigenvalue weighted by molar-refractivity contribution is 0.913. The average Bonchev–Trinajstić information content (AvgIpc) is 2.14. The zero-order chi connectivity index (χ0) is 5.98. The van der Waals surface area contributed by atoms with Crippen LogP contribution in [0.15, 0.2) is 10.6 Å². The molecular weight excluding hydrogens is 122 g/mol. The maximum absolute atomic E-state index is 8.34. The zero-order valence-electron chi connectivity index (χ0n) is 4.45. The standard InChI is InChI=1S/C6H6ClN/c7-6-3-1-2-5(6)4-8/h1-3H2. The quantitative estimate of drug-likeness (QED) is 0.489. The summed E-state index contributed by atoms with van der Waals surface area (Å²) in [5, 5.41) is 9.11. The summed E-state index contributed by atoms with van der Waals surface area (Å²) in [7, 11) is 0. The number of nitrogens with zero attached hydrogens (tertiary/aromatic N) is 1. The van der Waals surface area contributed by atoms with E-state index < -0.39 is 0 Å². The maximum atomic E-state index is 8.34. The molecule has 42 valence electrons. The monoisotopic (exact) mass is 127 g/mol. The normalized spacial score (nSPS) is 19.0. The van der Waals surface area contributed by atoms with E-state index in [1.807, 2.05) is 0 Å². The second kappa shape index (κ2) is 2.19. The first kappa shape index (κ1) is 5.65. The average molecular weight is 128 g/mol. The largest absolute Gasteiger partial charge is 0.193 e. The number of hydrogen-bond donors (Lipinski definition) is 0. The Bertz CT molecular complexity index is 164. The van der Waals surface area contributed by atoms with Gasteiger partial charge in [-0.3, -0.25) is 0 Å². The highest BCUT2D eigenvalue weighted by atomic mass is 35.5. The summed E-state index contributed by atoms with van der Waals surface area (Å²) in [6.07, 6.45) is 2.85. The van der Waals surface area contributed by atoms with Crippen LogP contribution in [-0.2, 0) is 0 Å². The fourth-order valence-electron chi connectivity index (χ4n) is 0.823. The Kier molecular flexibility index (Phi) is 1.55. The van der Waals surface area contributed by atoms with Crippen molar-refractivity contribution in [3.05, 3.63) is 10.6 Å². The topological polar surface area (TPSA) is 23.8 Å². The van der Waals surface area contributed by atoms with E-state index in [0.29, 0.717) is 0 Å². The van der Waals surface area contributed by atoms with Crippen molar-refractivity contribution in [2.75, 3.05) is 0 Å². The lowest BCUT2D eigenvalue weighted by Gasteiger charge is -1.81. The molecule has 0 aromatic carbocycles.